The highest BCUT2D eigenvalue weighted by atomic mass is 32.2. The third kappa shape index (κ3) is 6.53. The van der Waals surface area contributed by atoms with Crippen molar-refractivity contribution < 1.29 is 22.9 Å². The number of aromatic nitrogens is 2. The Bertz CT molecular complexity index is 1510. The summed E-state index contributed by atoms with van der Waals surface area (Å²) in [5, 5.41) is 14.1. The third-order valence-electron chi connectivity index (χ3n) is 6.19. The second-order valence-corrected chi connectivity index (χ2v) is 12.9. The van der Waals surface area contributed by atoms with Crippen LogP contribution in [-0.4, -0.2) is 60.9 Å². The van der Waals surface area contributed by atoms with Gasteiger partial charge < -0.3 is 10.1 Å². The zero-order valence-corrected chi connectivity index (χ0v) is 23.5. The summed E-state index contributed by atoms with van der Waals surface area (Å²) in [6.45, 7) is 7.48. The number of carbonyl (C=O) groups excluding carboxylic acids is 2. The first-order valence-corrected chi connectivity index (χ1v) is 14.4. The van der Waals surface area contributed by atoms with Gasteiger partial charge in [0.1, 0.15) is 50.1 Å². The molecule has 212 valence electrons. The molecule has 14 heteroatoms. The lowest BCUT2D eigenvalue weighted by Gasteiger charge is -2.28. The van der Waals surface area contributed by atoms with Crippen LogP contribution < -0.4 is 10.6 Å². The number of nitrogens with zero attached hydrogens (tertiary/aromatic N) is 6. The number of halogens is 1. The molecule has 0 aromatic carbocycles. The van der Waals surface area contributed by atoms with Crippen molar-refractivity contribution >= 4 is 33.7 Å². The van der Waals surface area contributed by atoms with Crippen LogP contribution in [0.15, 0.2) is 39.8 Å². The highest BCUT2D eigenvalue weighted by molar-refractivity contribution is 7.91. The van der Waals surface area contributed by atoms with Gasteiger partial charge in [0.2, 0.25) is 5.96 Å². The van der Waals surface area contributed by atoms with Crippen LogP contribution in [0.3, 0.4) is 0 Å². The molecule has 2 aliphatic heterocycles. The zero-order chi connectivity index (χ0) is 29.1. The van der Waals surface area contributed by atoms with Gasteiger partial charge in [0.05, 0.1) is 17.9 Å². The van der Waals surface area contributed by atoms with Gasteiger partial charge in [-0.25, -0.2) is 32.7 Å². The van der Waals surface area contributed by atoms with E-state index in [0.29, 0.717) is 25.1 Å². The van der Waals surface area contributed by atoms with Gasteiger partial charge in [-0.3, -0.25) is 14.4 Å². The number of guanidine groups is 1. The van der Waals surface area contributed by atoms with Gasteiger partial charge in [-0.1, -0.05) is 0 Å². The summed E-state index contributed by atoms with van der Waals surface area (Å²) in [4.78, 5) is 38.5. The van der Waals surface area contributed by atoms with E-state index in [1.807, 2.05) is 6.07 Å². The van der Waals surface area contributed by atoms with Crippen molar-refractivity contribution in [3.8, 4) is 6.07 Å². The minimum Gasteiger partial charge on any atom is -0.444 e. The molecule has 2 amide bonds. The first-order valence-electron chi connectivity index (χ1n) is 12.7. The van der Waals surface area contributed by atoms with Crippen LogP contribution in [0.1, 0.15) is 68.7 Å². The number of carbonyl (C=O) groups is 2. The molecule has 0 fully saturated rings. The van der Waals surface area contributed by atoms with E-state index in [1.165, 1.54) is 28.7 Å². The molecule has 2 aromatic rings. The molecule has 0 unspecified atom stereocenters. The number of anilines is 1. The van der Waals surface area contributed by atoms with Gasteiger partial charge in [-0.15, -0.1) is 0 Å². The number of amides is 2. The SMILES string of the molecule is CC(C)(C)OC(=O)NC1=N[C@](C)(c2nc(NC(=O)c3ccc(C#N)cn3)ccc2F)CC[S@]2(=O)=NCCCCN12. The van der Waals surface area contributed by atoms with Crippen molar-refractivity contribution in [2.75, 3.05) is 24.2 Å². The fraction of sp³-hybridized carbons (Fsp3) is 0.462. The van der Waals surface area contributed by atoms with Crippen molar-refractivity contribution in [2.45, 2.75) is 58.1 Å². The number of nitrogens with one attached hydrogen (secondary N) is 2. The maximum Gasteiger partial charge on any atom is 0.414 e. The predicted molar refractivity (Wildman–Crippen MR) is 146 cm³/mol. The molecule has 12 nitrogen and oxygen atoms in total. The second-order valence-electron chi connectivity index (χ2n) is 10.6. The van der Waals surface area contributed by atoms with E-state index in [4.69, 9.17) is 15.0 Å². The van der Waals surface area contributed by atoms with Crippen molar-refractivity contribution in [1.29, 1.82) is 5.26 Å². The number of ether oxygens (including phenoxy) is 1. The highest BCUT2D eigenvalue weighted by Crippen LogP contribution is 2.35. The average molecular weight is 571 g/mol. The Kier molecular flexibility index (Phi) is 8.06. The molecule has 0 bridgehead atoms. The summed E-state index contributed by atoms with van der Waals surface area (Å²) in [6.07, 6.45) is 1.97. The van der Waals surface area contributed by atoms with Crippen LogP contribution in [0.4, 0.5) is 15.0 Å². The molecule has 0 spiro atoms. The normalized spacial score (nSPS) is 22.8. The van der Waals surface area contributed by atoms with Crippen molar-refractivity contribution in [2.24, 2.45) is 9.36 Å². The topological polar surface area (TPSA) is 162 Å². The summed E-state index contributed by atoms with van der Waals surface area (Å²) in [6, 6.07) is 7.22. The number of pyridine rings is 2. The molecule has 0 saturated carbocycles. The van der Waals surface area contributed by atoms with Crippen LogP contribution in [0.2, 0.25) is 0 Å². The van der Waals surface area contributed by atoms with Crippen molar-refractivity contribution in [1.82, 2.24) is 19.6 Å². The Labute approximate surface area is 232 Å². The van der Waals surface area contributed by atoms with Crippen LogP contribution >= 0.6 is 0 Å². The maximum atomic E-state index is 15.3. The third-order valence-corrected chi connectivity index (χ3v) is 8.55. The summed E-state index contributed by atoms with van der Waals surface area (Å²) in [5.74, 6) is -1.24. The predicted octanol–water partition coefficient (Wildman–Crippen LogP) is 3.72. The van der Waals surface area contributed by atoms with Crippen LogP contribution in [0.25, 0.3) is 0 Å². The first kappa shape index (κ1) is 28.9. The van der Waals surface area contributed by atoms with E-state index in [0.717, 1.165) is 12.5 Å². The van der Waals surface area contributed by atoms with Gasteiger partial charge in [-0.2, -0.15) is 5.26 Å². The Hall–Kier alpha value is -4.12. The van der Waals surface area contributed by atoms with E-state index in [1.54, 1.807) is 27.7 Å². The van der Waals surface area contributed by atoms with E-state index in [2.05, 4.69) is 25.0 Å². The smallest absolute Gasteiger partial charge is 0.414 e. The molecule has 4 heterocycles. The lowest BCUT2D eigenvalue weighted by molar-refractivity contribution is 0.0558. The van der Waals surface area contributed by atoms with Gasteiger partial charge >= 0.3 is 6.09 Å². The van der Waals surface area contributed by atoms with Crippen LogP contribution in [0, 0.1) is 17.1 Å². The van der Waals surface area contributed by atoms with Gasteiger partial charge in [-0.05, 0) is 71.2 Å². The fourth-order valence-corrected chi connectivity index (χ4v) is 6.54. The Morgan fingerprint density at radius 1 is 1.20 bits per heavy atom. The number of fused-ring (bicyclic) bond motifs is 1. The maximum absolute atomic E-state index is 15.3. The van der Waals surface area contributed by atoms with E-state index < -0.39 is 38.9 Å². The zero-order valence-electron chi connectivity index (χ0n) is 22.7. The Balaban J connectivity index is 1.72. The molecular formula is C26H31FN8O4S. The molecule has 4 rings (SSSR count). The van der Waals surface area contributed by atoms with Gasteiger partial charge in [0, 0.05) is 12.7 Å². The summed E-state index contributed by atoms with van der Waals surface area (Å²) in [7, 11) is -3.00. The van der Waals surface area contributed by atoms with E-state index >= 15 is 4.39 Å². The monoisotopic (exact) mass is 570 g/mol. The fourth-order valence-electron chi connectivity index (χ4n) is 4.20. The molecule has 40 heavy (non-hydrogen) atoms. The molecule has 0 saturated heterocycles. The van der Waals surface area contributed by atoms with Crippen LogP contribution in [0.5, 0.6) is 0 Å². The lowest BCUT2D eigenvalue weighted by atomic mass is 9.94. The van der Waals surface area contributed by atoms with Crippen molar-refractivity contribution in [3.05, 3.63) is 53.2 Å². The van der Waals surface area contributed by atoms with Gasteiger partial charge in [0.15, 0.2) is 0 Å². The van der Waals surface area contributed by atoms with Crippen molar-refractivity contribution in [3.63, 3.8) is 0 Å². The summed E-state index contributed by atoms with van der Waals surface area (Å²) >= 11 is 0. The number of nitriles is 1. The molecule has 0 radical (unpaired) electrons. The minimum atomic E-state index is -3.00. The molecule has 2 atom stereocenters. The van der Waals surface area contributed by atoms with Gasteiger partial charge in [0.25, 0.3) is 5.91 Å². The second kappa shape index (κ2) is 11.2. The van der Waals surface area contributed by atoms with E-state index in [-0.39, 0.29) is 35.3 Å². The molecule has 2 aromatic heterocycles. The summed E-state index contributed by atoms with van der Waals surface area (Å²) < 4.78 is 40.6. The number of hydrogen-bond donors (Lipinski definition) is 2. The number of alkyl carbamates (subject to hydrolysis) is 1. The number of rotatable bonds is 3. The Morgan fingerprint density at radius 3 is 2.65 bits per heavy atom. The quantitative estimate of drug-likeness (QED) is 0.568. The largest absolute Gasteiger partial charge is 0.444 e. The number of hydrogen-bond acceptors (Lipinski definition) is 9. The Morgan fingerprint density at radius 2 is 1.98 bits per heavy atom. The average Bonchev–Trinajstić information content (AvgIpc) is 3.14. The standard InChI is InChI=1S/C26H31FN8O4S/c1-25(2,3)39-24(37)33-23-34-26(4,11-14-40(38)30-12-5-6-13-35(23)40)21-18(27)8-10-20(31-21)32-22(36)19-9-7-17(15-28)16-29-19/h7-10,16H,5-6,11-14H2,1-4H3,(H,31,32,36)(H,33,34,37)/t26-,40-/m0/s1. The number of aliphatic imine (C=N–C) groups is 1. The molecule has 2 aliphatic rings. The van der Waals surface area contributed by atoms with Crippen LogP contribution in [-0.2, 0) is 20.2 Å². The molecule has 0 aliphatic carbocycles. The molecule has 2 N–H and O–H groups in total. The van der Waals surface area contributed by atoms with E-state index in [9.17, 15) is 13.8 Å². The minimum absolute atomic E-state index is 0.0395. The lowest BCUT2D eigenvalue weighted by Crippen LogP contribution is -2.48. The summed E-state index contributed by atoms with van der Waals surface area (Å²) in [5.41, 5.74) is -1.95. The molecular weight excluding hydrogens is 539 g/mol. The highest BCUT2D eigenvalue weighted by Gasteiger charge is 2.40. The first-order chi connectivity index (χ1) is 18.8.